The second-order valence-electron chi connectivity index (χ2n) is 7.94. The van der Waals surface area contributed by atoms with Crippen molar-refractivity contribution in [2.45, 2.75) is 26.3 Å². The number of hydrogen-bond donors (Lipinski definition) is 1. The molecule has 1 unspecified atom stereocenters. The number of nitrogens with zero attached hydrogens (tertiary/aromatic N) is 1. The van der Waals surface area contributed by atoms with Crippen molar-refractivity contribution in [1.29, 1.82) is 0 Å². The lowest BCUT2D eigenvalue weighted by atomic mass is 9.90. The molecule has 2 heterocycles. The minimum absolute atomic E-state index is 0.0664. The molecule has 0 bridgehead atoms. The van der Waals surface area contributed by atoms with E-state index in [2.05, 4.69) is 73.2 Å². The van der Waals surface area contributed by atoms with Gasteiger partial charge in [-0.3, -0.25) is 4.79 Å². The average molecular weight is 352 g/mol. The van der Waals surface area contributed by atoms with Crippen LogP contribution in [0.2, 0.25) is 0 Å². The number of aromatic nitrogens is 1. The standard InChI is InChI=1S/C24H20N2O/c1-12-8-9-18-16(10-12)20-17-11-25-24(27)22(17)21-15-7-5-4-6-14(15)13(2)19(21)23(20)26(18)3/h4-10,13H,11H2,1-3H3,(H,25,27). The van der Waals surface area contributed by atoms with E-state index in [0.717, 1.165) is 16.7 Å². The molecule has 1 amide bonds. The molecule has 1 N–H and O–H groups in total. The number of aryl methyl sites for hydroxylation is 2. The molecule has 1 aromatic heterocycles. The van der Waals surface area contributed by atoms with E-state index in [-0.39, 0.29) is 11.8 Å². The van der Waals surface area contributed by atoms with E-state index in [1.807, 2.05) is 0 Å². The minimum atomic E-state index is 0.0664. The maximum atomic E-state index is 12.9. The summed E-state index contributed by atoms with van der Waals surface area (Å²) < 4.78 is 2.33. The third kappa shape index (κ3) is 1.65. The summed E-state index contributed by atoms with van der Waals surface area (Å²) in [4.78, 5) is 12.9. The molecule has 2 aliphatic rings. The Bertz CT molecular complexity index is 1330. The zero-order chi connectivity index (χ0) is 18.4. The van der Waals surface area contributed by atoms with E-state index in [1.54, 1.807) is 0 Å². The van der Waals surface area contributed by atoms with Crippen molar-refractivity contribution in [1.82, 2.24) is 9.88 Å². The second-order valence-corrected chi connectivity index (χ2v) is 7.94. The molecular formula is C24H20N2O. The lowest BCUT2D eigenvalue weighted by Crippen LogP contribution is -2.13. The van der Waals surface area contributed by atoms with Crippen LogP contribution in [0, 0.1) is 6.92 Å². The molecule has 1 aliphatic carbocycles. The Morgan fingerprint density at radius 1 is 1.11 bits per heavy atom. The first kappa shape index (κ1) is 15.0. The van der Waals surface area contributed by atoms with Crippen molar-refractivity contribution in [2.24, 2.45) is 7.05 Å². The van der Waals surface area contributed by atoms with Gasteiger partial charge in [0.05, 0.1) is 11.1 Å². The van der Waals surface area contributed by atoms with E-state index in [1.165, 1.54) is 44.1 Å². The highest BCUT2D eigenvalue weighted by Crippen LogP contribution is 2.52. The van der Waals surface area contributed by atoms with Gasteiger partial charge in [0, 0.05) is 41.4 Å². The van der Waals surface area contributed by atoms with Crippen LogP contribution in [0.25, 0.3) is 32.9 Å². The fourth-order valence-electron chi connectivity index (χ4n) is 5.35. The van der Waals surface area contributed by atoms with Crippen molar-refractivity contribution in [3.8, 4) is 11.1 Å². The molecule has 6 rings (SSSR count). The first-order valence-electron chi connectivity index (χ1n) is 9.53. The lowest BCUT2D eigenvalue weighted by molar-refractivity contribution is 0.0966. The Kier molecular flexibility index (Phi) is 2.67. The summed E-state index contributed by atoms with van der Waals surface area (Å²) in [6, 6.07) is 15.2. The van der Waals surface area contributed by atoms with Crippen LogP contribution in [0.15, 0.2) is 42.5 Å². The predicted octanol–water partition coefficient (Wildman–Crippen LogP) is 5.02. The largest absolute Gasteiger partial charge is 0.348 e. The van der Waals surface area contributed by atoms with Gasteiger partial charge in [-0.05, 0) is 41.3 Å². The normalized spacial score (nSPS) is 17.3. The summed E-state index contributed by atoms with van der Waals surface area (Å²) in [7, 11) is 2.16. The Labute approximate surface area is 157 Å². The number of rotatable bonds is 0. The Balaban J connectivity index is 1.93. The van der Waals surface area contributed by atoms with Crippen molar-refractivity contribution in [3.05, 3.63) is 70.3 Å². The molecule has 0 fully saturated rings. The predicted molar refractivity (Wildman–Crippen MR) is 109 cm³/mol. The van der Waals surface area contributed by atoms with Gasteiger partial charge in [-0.2, -0.15) is 0 Å². The Hall–Kier alpha value is -3.07. The van der Waals surface area contributed by atoms with Crippen LogP contribution in [0.4, 0.5) is 0 Å². The van der Waals surface area contributed by atoms with Gasteiger partial charge in [-0.25, -0.2) is 0 Å². The number of carbonyl (C=O) groups excluding carboxylic acids is 1. The van der Waals surface area contributed by atoms with Crippen LogP contribution >= 0.6 is 0 Å². The molecule has 3 heteroatoms. The molecule has 0 radical (unpaired) electrons. The first-order valence-corrected chi connectivity index (χ1v) is 9.53. The Morgan fingerprint density at radius 2 is 1.93 bits per heavy atom. The zero-order valence-electron chi connectivity index (χ0n) is 15.7. The number of carbonyl (C=O) groups is 1. The Morgan fingerprint density at radius 3 is 2.78 bits per heavy atom. The molecule has 0 saturated carbocycles. The highest BCUT2D eigenvalue weighted by atomic mass is 16.1. The zero-order valence-corrected chi connectivity index (χ0v) is 15.7. The third-order valence-electron chi connectivity index (χ3n) is 6.52. The van der Waals surface area contributed by atoms with Crippen LogP contribution in [0.5, 0.6) is 0 Å². The van der Waals surface area contributed by atoms with Crippen LogP contribution in [0.3, 0.4) is 0 Å². The van der Waals surface area contributed by atoms with Crippen LogP contribution in [-0.2, 0) is 13.6 Å². The fourth-order valence-corrected chi connectivity index (χ4v) is 5.35. The molecule has 4 aromatic rings. The van der Waals surface area contributed by atoms with Gasteiger partial charge in [0.25, 0.3) is 5.91 Å². The molecule has 27 heavy (non-hydrogen) atoms. The van der Waals surface area contributed by atoms with Crippen LogP contribution < -0.4 is 5.32 Å². The van der Waals surface area contributed by atoms with Crippen molar-refractivity contribution in [2.75, 3.05) is 0 Å². The lowest BCUT2D eigenvalue weighted by Gasteiger charge is -2.13. The van der Waals surface area contributed by atoms with Gasteiger partial charge < -0.3 is 9.88 Å². The smallest absolute Gasteiger partial charge is 0.252 e. The molecule has 0 spiro atoms. The summed E-state index contributed by atoms with van der Waals surface area (Å²) in [6.07, 6.45) is 0. The van der Waals surface area contributed by atoms with E-state index < -0.39 is 0 Å². The van der Waals surface area contributed by atoms with Crippen LogP contribution in [0.1, 0.15) is 45.5 Å². The van der Waals surface area contributed by atoms with E-state index in [4.69, 9.17) is 0 Å². The van der Waals surface area contributed by atoms with E-state index in [9.17, 15) is 4.79 Å². The molecule has 132 valence electrons. The van der Waals surface area contributed by atoms with Crippen molar-refractivity contribution >= 4 is 27.7 Å². The van der Waals surface area contributed by atoms with Gasteiger partial charge in [0.2, 0.25) is 0 Å². The summed E-state index contributed by atoms with van der Waals surface area (Å²) >= 11 is 0. The van der Waals surface area contributed by atoms with E-state index >= 15 is 0 Å². The minimum Gasteiger partial charge on any atom is -0.348 e. The van der Waals surface area contributed by atoms with E-state index in [0.29, 0.717) is 6.54 Å². The molecule has 1 aliphatic heterocycles. The molecule has 3 nitrogen and oxygen atoms in total. The number of benzene rings is 3. The van der Waals surface area contributed by atoms with Gasteiger partial charge in [-0.1, -0.05) is 42.8 Å². The van der Waals surface area contributed by atoms with Gasteiger partial charge in [-0.15, -0.1) is 0 Å². The highest BCUT2D eigenvalue weighted by Gasteiger charge is 2.37. The molecule has 1 atom stereocenters. The summed E-state index contributed by atoms with van der Waals surface area (Å²) in [5, 5.41) is 5.60. The molecule has 3 aromatic carbocycles. The number of nitrogens with one attached hydrogen (secondary N) is 1. The van der Waals surface area contributed by atoms with Gasteiger partial charge in [0.1, 0.15) is 0 Å². The van der Waals surface area contributed by atoms with Crippen molar-refractivity contribution in [3.63, 3.8) is 0 Å². The number of amides is 1. The number of hydrogen-bond acceptors (Lipinski definition) is 1. The maximum Gasteiger partial charge on any atom is 0.252 e. The topological polar surface area (TPSA) is 34.0 Å². The average Bonchev–Trinajstić information content (AvgIpc) is 3.28. The fraction of sp³-hybridized carbons (Fsp3) is 0.208. The molecular weight excluding hydrogens is 332 g/mol. The van der Waals surface area contributed by atoms with Crippen molar-refractivity contribution < 1.29 is 4.79 Å². The van der Waals surface area contributed by atoms with Gasteiger partial charge in [0.15, 0.2) is 0 Å². The second kappa shape index (κ2) is 4.80. The van der Waals surface area contributed by atoms with Gasteiger partial charge >= 0.3 is 0 Å². The quantitative estimate of drug-likeness (QED) is 0.474. The third-order valence-corrected chi connectivity index (χ3v) is 6.52. The monoisotopic (exact) mass is 352 g/mol. The summed E-state index contributed by atoms with van der Waals surface area (Å²) in [5.74, 6) is 0.346. The summed E-state index contributed by atoms with van der Waals surface area (Å²) in [6.45, 7) is 5.02. The first-order chi connectivity index (χ1) is 13.1. The summed E-state index contributed by atoms with van der Waals surface area (Å²) in [5.41, 5.74) is 10.8. The maximum absolute atomic E-state index is 12.9. The van der Waals surface area contributed by atoms with Crippen LogP contribution in [-0.4, -0.2) is 10.5 Å². The highest BCUT2D eigenvalue weighted by molar-refractivity contribution is 6.20. The number of fused-ring (bicyclic) bond motifs is 10. The molecule has 0 saturated heterocycles. The SMILES string of the molecule is Cc1ccc2c(c1)c1c3c(c4c(c1n2C)C(C)c1ccccc1-4)C(=O)NC3.